The van der Waals surface area contributed by atoms with Gasteiger partial charge in [0.25, 0.3) is 0 Å². The quantitative estimate of drug-likeness (QED) is 0.609. The van der Waals surface area contributed by atoms with Gasteiger partial charge < -0.3 is 14.3 Å². The van der Waals surface area contributed by atoms with Crippen molar-refractivity contribution in [2.24, 2.45) is 7.05 Å². The lowest BCUT2D eigenvalue weighted by Gasteiger charge is -2.06. The summed E-state index contributed by atoms with van der Waals surface area (Å²) in [5, 5.41) is 18.9. The van der Waals surface area contributed by atoms with Gasteiger partial charge in [0.05, 0.1) is 23.7 Å². The summed E-state index contributed by atoms with van der Waals surface area (Å²) in [4.78, 5) is 16.2. The summed E-state index contributed by atoms with van der Waals surface area (Å²) in [6, 6.07) is 7.53. The molecule has 124 valence electrons. The van der Waals surface area contributed by atoms with E-state index >= 15 is 0 Å². The van der Waals surface area contributed by atoms with Gasteiger partial charge in [-0.15, -0.1) is 20.4 Å². The van der Waals surface area contributed by atoms with E-state index in [0.717, 1.165) is 22.2 Å². The van der Waals surface area contributed by atoms with Gasteiger partial charge >= 0.3 is 11.8 Å². The Bertz CT molecular complexity index is 1080. The molecule has 0 aliphatic rings. The first kappa shape index (κ1) is 14.9. The van der Waals surface area contributed by atoms with Crippen molar-refractivity contribution in [3.63, 3.8) is 0 Å². The predicted molar refractivity (Wildman–Crippen MR) is 88.7 cm³/mol. The molecule has 25 heavy (non-hydrogen) atoms. The summed E-state index contributed by atoms with van der Waals surface area (Å²) in [6.07, 6.45) is 3.53. The molecule has 9 nitrogen and oxygen atoms in total. The smallest absolute Gasteiger partial charge is 0.314 e. The largest absolute Gasteiger partial charge is 0.417 e. The van der Waals surface area contributed by atoms with E-state index in [4.69, 9.17) is 4.42 Å². The fraction of sp³-hybridized carbons (Fsp3) is 0.125. The van der Waals surface area contributed by atoms with Gasteiger partial charge in [0.15, 0.2) is 5.82 Å². The highest BCUT2D eigenvalue weighted by molar-refractivity contribution is 6.01. The van der Waals surface area contributed by atoms with Crippen LogP contribution in [0.1, 0.15) is 16.6 Å². The molecule has 0 unspecified atom stereocenters. The molecule has 0 spiro atoms. The second-order valence-corrected chi connectivity index (χ2v) is 5.47. The molecule has 0 aliphatic carbocycles. The SMILES string of the molecule is Cc1nnc(C(=O)Nc2cc3cc(-c4cncn4C)ccc3nn2)o1. The van der Waals surface area contributed by atoms with E-state index in [0.29, 0.717) is 11.7 Å². The van der Waals surface area contributed by atoms with E-state index in [1.54, 1.807) is 25.5 Å². The number of aromatic nitrogens is 6. The maximum Gasteiger partial charge on any atom is 0.314 e. The Morgan fingerprint density at radius 1 is 1.16 bits per heavy atom. The topological polar surface area (TPSA) is 112 Å². The van der Waals surface area contributed by atoms with Crippen LogP contribution in [-0.4, -0.2) is 35.9 Å². The third-order valence-corrected chi connectivity index (χ3v) is 3.66. The van der Waals surface area contributed by atoms with Gasteiger partial charge in [-0.2, -0.15) is 0 Å². The van der Waals surface area contributed by atoms with Crippen molar-refractivity contribution in [2.75, 3.05) is 5.32 Å². The maximum absolute atomic E-state index is 12.1. The molecule has 0 fully saturated rings. The average Bonchev–Trinajstić information content (AvgIpc) is 3.22. The van der Waals surface area contributed by atoms with Crippen LogP contribution < -0.4 is 5.32 Å². The van der Waals surface area contributed by atoms with Gasteiger partial charge in [0, 0.05) is 24.9 Å². The monoisotopic (exact) mass is 335 g/mol. The lowest BCUT2D eigenvalue weighted by Crippen LogP contribution is -2.13. The van der Waals surface area contributed by atoms with Gasteiger partial charge in [0.2, 0.25) is 5.89 Å². The van der Waals surface area contributed by atoms with Crippen molar-refractivity contribution < 1.29 is 9.21 Å². The fourth-order valence-corrected chi connectivity index (χ4v) is 2.46. The standard InChI is InChI=1S/C16H13N7O2/c1-9-19-22-16(25-9)15(24)18-14-6-11-5-10(3-4-12(11)20-21-14)13-7-17-8-23(13)2/h3-8H,1-2H3,(H,18,21,24). The average molecular weight is 335 g/mol. The highest BCUT2D eigenvalue weighted by Crippen LogP contribution is 2.24. The van der Waals surface area contributed by atoms with E-state index < -0.39 is 5.91 Å². The maximum atomic E-state index is 12.1. The van der Waals surface area contributed by atoms with Crippen molar-refractivity contribution in [2.45, 2.75) is 6.92 Å². The Balaban J connectivity index is 1.67. The number of anilines is 1. The summed E-state index contributed by atoms with van der Waals surface area (Å²) < 4.78 is 7.02. The zero-order chi connectivity index (χ0) is 17.4. The van der Waals surface area contributed by atoms with Crippen LogP contribution >= 0.6 is 0 Å². The fourth-order valence-electron chi connectivity index (χ4n) is 2.46. The van der Waals surface area contributed by atoms with Crippen LogP contribution in [0.25, 0.3) is 22.2 Å². The number of aryl methyl sites for hydroxylation is 2. The van der Waals surface area contributed by atoms with Crippen molar-refractivity contribution in [1.29, 1.82) is 0 Å². The number of fused-ring (bicyclic) bond motifs is 1. The van der Waals surface area contributed by atoms with E-state index in [1.807, 2.05) is 29.8 Å². The number of nitrogens with zero attached hydrogens (tertiary/aromatic N) is 6. The molecule has 1 aromatic carbocycles. The van der Waals surface area contributed by atoms with E-state index in [2.05, 4.69) is 30.7 Å². The highest BCUT2D eigenvalue weighted by Gasteiger charge is 2.14. The summed E-state index contributed by atoms with van der Waals surface area (Å²) in [5.74, 6) is -0.0360. The number of imidazole rings is 1. The summed E-state index contributed by atoms with van der Waals surface area (Å²) in [7, 11) is 1.93. The second-order valence-electron chi connectivity index (χ2n) is 5.47. The molecule has 0 saturated heterocycles. The van der Waals surface area contributed by atoms with Gasteiger partial charge in [-0.1, -0.05) is 6.07 Å². The van der Waals surface area contributed by atoms with Gasteiger partial charge in [-0.25, -0.2) is 4.98 Å². The Morgan fingerprint density at radius 3 is 2.76 bits per heavy atom. The summed E-state index contributed by atoms with van der Waals surface area (Å²) in [6.45, 7) is 1.61. The summed E-state index contributed by atoms with van der Waals surface area (Å²) >= 11 is 0. The minimum atomic E-state index is -0.531. The van der Waals surface area contributed by atoms with Crippen molar-refractivity contribution >= 4 is 22.6 Å². The van der Waals surface area contributed by atoms with Crippen molar-refractivity contribution in [3.8, 4) is 11.3 Å². The van der Waals surface area contributed by atoms with Crippen LogP contribution in [-0.2, 0) is 7.05 Å². The first-order valence-corrected chi connectivity index (χ1v) is 7.46. The molecule has 4 aromatic rings. The number of hydrogen-bond acceptors (Lipinski definition) is 7. The van der Waals surface area contributed by atoms with E-state index in [1.165, 1.54) is 0 Å². The predicted octanol–water partition coefficient (Wildman–Crippen LogP) is 1.97. The van der Waals surface area contributed by atoms with Gasteiger partial charge in [-0.05, 0) is 18.2 Å². The molecule has 1 N–H and O–H groups in total. The number of hydrogen-bond donors (Lipinski definition) is 1. The van der Waals surface area contributed by atoms with Crippen molar-refractivity contribution in [3.05, 3.63) is 48.6 Å². The van der Waals surface area contributed by atoms with Crippen LogP contribution in [0.4, 0.5) is 5.82 Å². The minimum absolute atomic E-state index is 0.122. The minimum Gasteiger partial charge on any atom is -0.417 e. The normalized spacial score (nSPS) is 11.0. The molecule has 0 bridgehead atoms. The highest BCUT2D eigenvalue weighted by atomic mass is 16.4. The molecular weight excluding hydrogens is 322 g/mol. The first-order chi connectivity index (χ1) is 12.1. The van der Waals surface area contributed by atoms with E-state index in [-0.39, 0.29) is 5.89 Å². The number of amides is 1. The van der Waals surface area contributed by atoms with Crippen molar-refractivity contribution in [1.82, 2.24) is 29.9 Å². The third kappa shape index (κ3) is 2.82. The second kappa shape index (κ2) is 5.78. The molecule has 0 aliphatic heterocycles. The Morgan fingerprint density at radius 2 is 2.04 bits per heavy atom. The summed E-state index contributed by atoms with van der Waals surface area (Å²) in [5.41, 5.74) is 2.69. The molecule has 1 amide bonds. The number of carbonyl (C=O) groups excluding carboxylic acids is 1. The molecule has 3 heterocycles. The van der Waals surface area contributed by atoms with Gasteiger partial charge in [0.1, 0.15) is 0 Å². The van der Waals surface area contributed by atoms with Gasteiger partial charge in [-0.3, -0.25) is 4.79 Å². The van der Waals surface area contributed by atoms with Crippen LogP contribution in [0, 0.1) is 6.92 Å². The van der Waals surface area contributed by atoms with Crippen LogP contribution in [0.5, 0.6) is 0 Å². The lowest BCUT2D eigenvalue weighted by molar-refractivity contribution is 0.0988. The number of carbonyl (C=O) groups is 1. The lowest BCUT2D eigenvalue weighted by atomic mass is 10.1. The number of rotatable bonds is 3. The number of nitrogens with one attached hydrogen (secondary N) is 1. The molecule has 0 radical (unpaired) electrons. The molecule has 0 atom stereocenters. The molecule has 0 saturated carbocycles. The zero-order valence-corrected chi connectivity index (χ0v) is 13.5. The first-order valence-electron chi connectivity index (χ1n) is 7.46. The third-order valence-electron chi connectivity index (χ3n) is 3.66. The Hall–Kier alpha value is -3.62. The number of benzene rings is 1. The molecule has 9 heteroatoms. The Kier molecular flexibility index (Phi) is 3.46. The Labute approximate surface area is 141 Å². The van der Waals surface area contributed by atoms with Crippen LogP contribution in [0.2, 0.25) is 0 Å². The van der Waals surface area contributed by atoms with E-state index in [9.17, 15) is 4.79 Å². The van der Waals surface area contributed by atoms with Crippen LogP contribution in [0.15, 0.2) is 41.2 Å². The van der Waals surface area contributed by atoms with Crippen LogP contribution in [0.3, 0.4) is 0 Å². The zero-order valence-electron chi connectivity index (χ0n) is 13.5. The molecule has 3 aromatic heterocycles. The molecule has 4 rings (SSSR count). The molecular formula is C16H13N7O2.